The summed E-state index contributed by atoms with van der Waals surface area (Å²) in [5, 5.41) is 3.36. The molecule has 1 aliphatic heterocycles. The number of piperidine rings is 1. The second-order valence-electron chi connectivity index (χ2n) is 5.46. The van der Waals surface area contributed by atoms with Crippen LogP contribution >= 0.6 is 0 Å². The molecule has 4 nitrogen and oxygen atoms in total. The van der Waals surface area contributed by atoms with Crippen LogP contribution < -0.4 is 5.32 Å². The molecule has 0 aromatic carbocycles. The van der Waals surface area contributed by atoms with Crippen LogP contribution in [0.2, 0.25) is 0 Å². The highest BCUT2D eigenvalue weighted by atomic mass is 19.3. The topological polar surface area (TPSA) is 33.1 Å². The molecule has 1 saturated heterocycles. The minimum Gasteiger partial charge on any atom is -0.317 e. The van der Waals surface area contributed by atoms with E-state index >= 15 is 0 Å². The summed E-state index contributed by atoms with van der Waals surface area (Å²) in [6.45, 7) is 4.16. The highest BCUT2D eigenvalue weighted by Gasteiger charge is 2.19. The van der Waals surface area contributed by atoms with Gasteiger partial charge in [-0.2, -0.15) is 8.78 Å². The Bertz CT molecular complexity index is 388. The van der Waals surface area contributed by atoms with Gasteiger partial charge in [0.15, 0.2) is 0 Å². The van der Waals surface area contributed by atoms with Crippen LogP contribution in [0.1, 0.15) is 38.6 Å². The number of nitrogens with zero attached hydrogens (tertiary/aromatic N) is 3. The SMILES string of the molecule is CCCN(Cc1nccn1C(F)F)CC1CCNCC1. The van der Waals surface area contributed by atoms with E-state index < -0.39 is 6.55 Å². The standard InChI is InChI=1S/C14H24F2N4/c1-2-8-19(10-12-3-5-17-6-4-12)11-13-18-7-9-20(13)14(15)16/h7,9,12,14,17H,2-6,8,10-11H2,1H3. The van der Waals surface area contributed by atoms with Crippen molar-refractivity contribution in [2.45, 2.75) is 39.3 Å². The normalized spacial score (nSPS) is 17.2. The van der Waals surface area contributed by atoms with Crippen molar-refractivity contribution in [1.29, 1.82) is 0 Å². The maximum atomic E-state index is 12.9. The number of nitrogens with one attached hydrogen (secondary N) is 1. The zero-order valence-corrected chi connectivity index (χ0v) is 12.1. The third-order valence-corrected chi connectivity index (χ3v) is 3.84. The molecular formula is C14H24F2N4. The van der Waals surface area contributed by atoms with Gasteiger partial charge in [-0.1, -0.05) is 6.92 Å². The van der Waals surface area contributed by atoms with Crippen LogP contribution in [0, 0.1) is 5.92 Å². The van der Waals surface area contributed by atoms with Crippen LogP contribution in [0.4, 0.5) is 8.78 Å². The molecule has 0 bridgehead atoms. The maximum Gasteiger partial charge on any atom is 0.319 e. The van der Waals surface area contributed by atoms with Gasteiger partial charge < -0.3 is 5.32 Å². The molecule has 0 amide bonds. The van der Waals surface area contributed by atoms with Crippen molar-refractivity contribution in [2.75, 3.05) is 26.2 Å². The van der Waals surface area contributed by atoms with Gasteiger partial charge in [0.1, 0.15) is 5.82 Å². The van der Waals surface area contributed by atoms with E-state index in [0.29, 0.717) is 18.3 Å². The zero-order valence-electron chi connectivity index (χ0n) is 12.1. The molecular weight excluding hydrogens is 262 g/mol. The fourth-order valence-corrected chi connectivity index (χ4v) is 2.82. The Morgan fingerprint density at radius 1 is 1.45 bits per heavy atom. The number of hydrogen-bond donors (Lipinski definition) is 1. The van der Waals surface area contributed by atoms with Crippen molar-refractivity contribution in [3.63, 3.8) is 0 Å². The second-order valence-corrected chi connectivity index (χ2v) is 5.46. The first-order valence-corrected chi connectivity index (χ1v) is 7.43. The van der Waals surface area contributed by atoms with Gasteiger partial charge in [0.05, 0.1) is 6.54 Å². The third-order valence-electron chi connectivity index (χ3n) is 3.84. The lowest BCUT2D eigenvalue weighted by Gasteiger charge is -2.29. The van der Waals surface area contributed by atoms with E-state index in [4.69, 9.17) is 0 Å². The molecule has 0 unspecified atom stereocenters. The zero-order chi connectivity index (χ0) is 14.4. The van der Waals surface area contributed by atoms with Crippen molar-refractivity contribution < 1.29 is 8.78 Å². The molecule has 0 spiro atoms. The van der Waals surface area contributed by atoms with Gasteiger partial charge >= 0.3 is 6.55 Å². The van der Waals surface area contributed by atoms with Crippen molar-refractivity contribution in [3.8, 4) is 0 Å². The lowest BCUT2D eigenvalue weighted by atomic mass is 9.97. The molecule has 1 aliphatic rings. The maximum absolute atomic E-state index is 12.9. The Kier molecular flexibility index (Phi) is 5.91. The Balaban J connectivity index is 1.95. The van der Waals surface area contributed by atoms with Gasteiger partial charge in [-0.3, -0.25) is 9.47 Å². The van der Waals surface area contributed by atoms with Crippen LogP contribution in [0.25, 0.3) is 0 Å². The average Bonchev–Trinajstić information content (AvgIpc) is 2.88. The first kappa shape index (κ1) is 15.4. The largest absolute Gasteiger partial charge is 0.319 e. The smallest absolute Gasteiger partial charge is 0.317 e. The molecule has 0 radical (unpaired) electrons. The number of hydrogen-bond acceptors (Lipinski definition) is 3. The number of imidazole rings is 1. The lowest BCUT2D eigenvalue weighted by Crippen LogP contribution is -2.36. The summed E-state index contributed by atoms with van der Waals surface area (Å²) in [6.07, 6.45) is 6.18. The highest BCUT2D eigenvalue weighted by Crippen LogP contribution is 2.17. The Hall–Kier alpha value is -1.01. The van der Waals surface area contributed by atoms with Gasteiger partial charge in [0.25, 0.3) is 0 Å². The van der Waals surface area contributed by atoms with E-state index in [-0.39, 0.29) is 0 Å². The summed E-state index contributed by atoms with van der Waals surface area (Å²) in [5.41, 5.74) is 0. The van der Waals surface area contributed by atoms with E-state index in [1.807, 2.05) is 0 Å². The molecule has 0 atom stereocenters. The van der Waals surface area contributed by atoms with Gasteiger partial charge in [-0.15, -0.1) is 0 Å². The van der Waals surface area contributed by atoms with E-state index in [1.165, 1.54) is 25.2 Å². The Morgan fingerprint density at radius 3 is 2.85 bits per heavy atom. The predicted molar refractivity (Wildman–Crippen MR) is 74.6 cm³/mol. The highest BCUT2D eigenvalue weighted by molar-refractivity contribution is 4.93. The molecule has 1 aromatic rings. The number of rotatable bonds is 7. The van der Waals surface area contributed by atoms with Crippen molar-refractivity contribution in [2.24, 2.45) is 5.92 Å². The monoisotopic (exact) mass is 286 g/mol. The third kappa shape index (κ3) is 4.24. The van der Waals surface area contributed by atoms with Crippen LogP contribution in [-0.2, 0) is 6.54 Å². The molecule has 20 heavy (non-hydrogen) atoms. The average molecular weight is 286 g/mol. The van der Waals surface area contributed by atoms with Crippen LogP contribution in [0.15, 0.2) is 12.4 Å². The number of alkyl halides is 2. The Morgan fingerprint density at radius 2 is 2.20 bits per heavy atom. The molecule has 2 heterocycles. The van der Waals surface area contributed by atoms with Crippen LogP contribution in [0.5, 0.6) is 0 Å². The summed E-state index contributed by atoms with van der Waals surface area (Å²) in [6, 6.07) is 0. The molecule has 1 aromatic heterocycles. The predicted octanol–water partition coefficient (Wildman–Crippen LogP) is 2.49. The van der Waals surface area contributed by atoms with Crippen molar-refractivity contribution in [3.05, 3.63) is 18.2 Å². The summed E-state index contributed by atoms with van der Waals surface area (Å²) in [5.74, 6) is 1.13. The summed E-state index contributed by atoms with van der Waals surface area (Å²) < 4.78 is 26.7. The minimum atomic E-state index is -2.50. The van der Waals surface area contributed by atoms with Gasteiger partial charge in [-0.05, 0) is 44.8 Å². The molecule has 0 aliphatic carbocycles. The van der Waals surface area contributed by atoms with E-state index in [2.05, 4.69) is 22.1 Å². The molecule has 2 rings (SSSR count). The minimum absolute atomic E-state index is 0.461. The van der Waals surface area contributed by atoms with Crippen molar-refractivity contribution >= 4 is 0 Å². The summed E-state index contributed by atoms with van der Waals surface area (Å²) >= 11 is 0. The second kappa shape index (κ2) is 7.69. The van der Waals surface area contributed by atoms with Crippen molar-refractivity contribution in [1.82, 2.24) is 19.8 Å². The van der Waals surface area contributed by atoms with E-state index in [0.717, 1.165) is 37.2 Å². The fraction of sp³-hybridized carbons (Fsp3) is 0.786. The lowest BCUT2D eigenvalue weighted by molar-refractivity contribution is 0.0630. The Labute approximate surface area is 119 Å². The van der Waals surface area contributed by atoms with Gasteiger partial charge in [0, 0.05) is 18.9 Å². The molecule has 0 saturated carbocycles. The fourth-order valence-electron chi connectivity index (χ4n) is 2.82. The quantitative estimate of drug-likeness (QED) is 0.836. The summed E-state index contributed by atoms with van der Waals surface area (Å²) in [4.78, 5) is 6.34. The molecule has 1 N–H and O–H groups in total. The van der Waals surface area contributed by atoms with E-state index in [9.17, 15) is 8.78 Å². The van der Waals surface area contributed by atoms with Crippen LogP contribution in [-0.4, -0.2) is 40.6 Å². The molecule has 1 fully saturated rings. The van der Waals surface area contributed by atoms with Gasteiger partial charge in [0.2, 0.25) is 0 Å². The molecule has 6 heteroatoms. The first-order valence-electron chi connectivity index (χ1n) is 7.43. The van der Waals surface area contributed by atoms with Crippen LogP contribution in [0.3, 0.4) is 0 Å². The number of halogens is 2. The summed E-state index contributed by atoms with van der Waals surface area (Å²) in [7, 11) is 0. The van der Waals surface area contributed by atoms with E-state index in [1.54, 1.807) is 0 Å². The molecule has 114 valence electrons. The first-order chi connectivity index (χ1) is 9.70. The number of aromatic nitrogens is 2. The van der Waals surface area contributed by atoms with Gasteiger partial charge in [-0.25, -0.2) is 4.98 Å².